The Hall–Kier alpha value is -8.37. The van der Waals surface area contributed by atoms with Gasteiger partial charge in [-0.3, -0.25) is 0 Å². The van der Waals surface area contributed by atoms with Crippen molar-refractivity contribution in [1.82, 2.24) is 0 Å². The second kappa shape index (κ2) is 19.2. The molecule has 0 aromatic heterocycles. The maximum absolute atomic E-state index is 10.9. The van der Waals surface area contributed by atoms with Crippen molar-refractivity contribution in [1.29, 1.82) is 0 Å². The lowest BCUT2D eigenvalue weighted by atomic mass is 9.77. The summed E-state index contributed by atoms with van der Waals surface area (Å²) in [5.41, 5.74) is 10.00. The first-order chi connectivity index (χ1) is 32.7. The van der Waals surface area contributed by atoms with E-state index in [-0.39, 0.29) is 40.3 Å². The van der Waals surface area contributed by atoms with Gasteiger partial charge in [-0.2, -0.15) is 0 Å². The third kappa shape index (κ3) is 8.71. The summed E-state index contributed by atoms with van der Waals surface area (Å²) < 4.78 is 0. The summed E-state index contributed by atoms with van der Waals surface area (Å²) in [6.07, 6.45) is 22.6. The second-order valence-electron chi connectivity index (χ2n) is 17.1. The molecule has 0 amide bonds. The lowest BCUT2D eigenvalue weighted by molar-refractivity contribution is 0.321. The second-order valence-corrected chi connectivity index (χ2v) is 17.1. The zero-order valence-corrected chi connectivity index (χ0v) is 38.2. The van der Waals surface area contributed by atoms with Gasteiger partial charge in [0.1, 0.15) is 21.4 Å². The molecule has 0 spiro atoms. The molecule has 0 aliphatic heterocycles. The van der Waals surface area contributed by atoms with Crippen LogP contribution in [0.3, 0.4) is 0 Å². The Labute approximate surface area is 397 Å². The third-order valence-corrected chi connectivity index (χ3v) is 12.9. The van der Waals surface area contributed by atoms with Gasteiger partial charge in [-0.05, 0) is 107 Å². The Morgan fingerprint density at radius 1 is 0.574 bits per heavy atom. The molecule has 0 heterocycles. The van der Waals surface area contributed by atoms with Gasteiger partial charge in [-0.25, -0.2) is 0 Å². The summed E-state index contributed by atoms with van der Waals surface area (Å²) >= 11 is 0. The normalized spacial score (nSPS) is 16.6. The van der Waals surface area contributed by atoms with Crippen molar-refractivity contribution in [2.24, 2.45) is 5.92 Å². The molecule has 2 unspecified atom stereocenters. The first kappa shape index (κ1) is 46.2. The number of benzene rings is 6. The number of hydrogen-bond donors (Lipinski definition) is 8. The first-order valence-electron chi connectivity index (χ1n) is 22.3. The van der Waals surface area contributed by atoms with Crippen molar-refractivity contribution in [3.8, 4) is 79.4 Å². The van der Waals surface area contributed by atoms with Crippen molar-refractivity contribution in [2.45, 2.75) is 32.2 Å². The predicted octanol–water partition coefficient (Wildman–Crippen LogP) is 9.20. The van der Waals surface area contributed by atoms with Gasteiger partial charge in [0.05, 0.1) is 17.2 Å². The highest BCUT2D eigenvalue weighted by molar-refractivity contribution is 6.51. The minimum Gasteiger partial charge on any atom is -0.508 e. The SMILES string of the molecule is Bc1c(B)c(O)c(-c2ccc(N(C(=C)/C=C\C=C/C)c3ccc(-c4ccc(-c5ccc(N(C6=C[C@@H](C)C(c7c(O)c(O)c(O)c(O)c7O)C=C6)C6C=CC=CC6)cc5)cc4)cc3)cc2)c(O)c1O. The van der Waals surface area contributed by atoms with Crippen molar-refractivity contribution in [2.75, 3.05) is 9.80 Å². The summed E-state index contributed by atoms with van der Waals surface area (Å²) in [5.74, 6) is -5.71. The number of rotatable bonds is 12. The number of allylic oxidation sites excluding steroid dienone is 9. The fourth-order valence-corrected chi connectivity index (χ4v) is 8.94. The van der Waals surface area contributed by atoms with Crippen LogP contribution < -0.4 is 20.7 Å². The van der Waals surface area contributed by atoms with Crippen molar-refractivity contribution in [3.63, 3.8) is 0 Å². The Kier molecular flexibility index (Phi) is 13.1. The van der Waals surface area contributed by atoms with E-state index >= 15 is 0 Å². The number of hydrogen-bond acceptors (Lipinski definition) is 10. The van der Waals surface area contributed by atoms with Gasteiger partial charge in [-0.15, -0.1) is 0 Å². The van der Waals surface area contributed by atoms with Gasteiger partial charge in [0.15, 0.2) is 23.0 Å². The van der Waals surface area contributed by atoms with E-state index in [0.29, 0.717) is 16.5 Å². The zero-order chi connectivity index (χ0) is 48.4. The summed E-state index contributed by atoms with van der Waals surface area (Å²) in [7, 11) is 3.35. The lowest BCUT2D eigenvalue weighted by Crippen LogP contribution is -2.34. The smallest absolute Gasteiger partial charge is 0.208 e. The molecule has 2 aliphatic carbocycles. The average molecular weight is 903 g/mol. The fraction of sp³-hybridized carbons (Fsp3) is 0.107. The largest absolute Gasteiger partial charge is 0.508 e. The summed E-state index contributed by atoms with van der Waals surface area (Å²) in [5, 5.41) is 84.0. The maximum atomic E-state index is 10.9. The van der Waals surface area contributed by atoms with Crippen molar-refractivity contribution >= 4 is 43.7 Å². The van der Waals surface area contributed by atoms with Crippen LogP contribution in [0.1, 0.15) is 31.7 Å². The van der Waals surface area contributed by atoms with Crippen molar-refractivity contribution in [3.05, 3.63) is 187 Å². The summed E-state index contributed by atoms with van der Waals surface area (Å²) in [6, 6.07) is 32.4. The summed E-state index contributed by atoms with van der Waals surface area (Å²) in [6.45, 7) is 8.24. The molecule has 3 atom stereocenters. The molecule has 68 heavy (non-hydrogen) atoms. The summed E-state index contributed by atoms with van der Waals surface area (Å²) in [4.78, 5) is 4.26. The Morgan fingerprint density at radius 3 is 1.56 bits per heavy atom. The first-order valence-corrected chi connectivity index (χ1v) is 22.3. The van der Waals surface area contributed by atoms with Crippen LogP contribution in [0.25, 0.3) is 33.4 Å². The highest BCUT2D eigenvalue weighted by Crippen LogP contribution is 2.55. The molecule has 10 nitrogen and oxygen atoms in total. The number of aromatic hydroxyl groups is 8. The Morgan fingerprint density at radius 2 is 1.06 bits per heavy atom. The van der Waals surface area contributed by atoms with Crippen LogP contribution in [0.4, 0.5) is 17.1 Å². The lowest BCUT2D eigenvalue weighted by Gasteiger charge is -2.36. The fourth-order valence-electron chi connectivity index (χ4n) is 8.94. The van der Waals surface area contributed by atoms with Crippen LogP contribution in [0.15, 0.2) is 182 Å². The molecule has 0 radical (unpaired) electrons. The number of nitrogens with zero attached hydrogens (tertiary/aromatic N) is 2. The van der Waals surface area contributed by atoms with Gasteiger partial charge in [0, 0.05) is 34.4 Å². The molecule has 0 fully saturated rings. The maximum Gasteiger partial charge on any atom is 0.208 e. The molecular weight excluding hydrogens is 850 g/mol. The van der Waals surface area contributed by atoms with E-state index in [9.17, 15) is 40.9 Å². The predicted molar refractivity (Wildman–Crippen MR) is 279 cm³/mol. The van der Waals surface area contributed by atoms with E-state index in [0.717, 1.165) is 57.1 Å². The monoisotopic (exact) mass is 902 g/mol. The van der Waals surface area contributed by atoms with E-state index < -0.39 is 34.7 Å². The quantitative estimate of drug-likeness (QED) is 0.0257. The van der Waals surface area contributed by atoms with E-state index in [4.69, 9.17) is 0 Å². The van der Waals surface area contributed by atoms with Gasteiger partial charge in [0.25, 0.3) is 0 Å². The van der Waals surface area contributed by atoms with E-state index in [1.807, 2.05) is 97.7 Å². The minimum atomic E-state index is -0.980. The van der Waals surface area contributed by atoms with E-state index in [2.05, 4.69) is 84.3 Å². The Bertz CT molecular complexity index is 3020. The molecular formula is C56H52B2N2O8. The van der Waals surface area contributed by atoms with Crippen LogP contribution in [0.5, 0.6) is 46.0 Å². The molecule has 0 bridgehead atoms. The molecule has 6 aromatic carbocycles. The number of anilines is 3. The average Bonchev–Trinajstić information content (AvgIpc) is 3.36. The Balaban J connectivity index is 1.02. The van der Waals surface area contributed by atoms with Gasteiger partial charge in [0.2, 0.25) is 17.2 Å². The molecule has 6 aromatic rings. The van der Waals surface area contributed by atoms with Gasteiger partial charge < -0.3 is 50.7 Å². The molecule has 2 aliphatic rings. The number of phenolic OH excluding ortho intramolecular Hbond substituents is 8. The highest BCUT2D eigenvalue weighted by atomic mass is 16.4. The molecule has 340 valence electrons. The minimum absolute atomic E-state index is 0.00980. The third-order valence-electron chi connectivity index (χ3n) is 12.9. The standard InChI is InChI=1S/C56H52B2N2O8/c1-4-5-7-10-33(3)59(41-27-21-38(22-28-41)45-49(61)47(57)48(58)53(65)50(45)62)40-23-17-36(18-24-40)34-13-15-35(16-14-34)37-19-25-42(26-20-37)60(39-11-8-6-9-12-39)43-29-30-44(32(2)31-43)46-51(63)54(66)56(68)55(67)52(46)64/h4-11,13-32,39,44,61-68H,3,12,57-58H2,1-2H3/b5-4-,10-7-/t32-,39?,44?/m1/s1. The molecule has 8 rings (SSSR count). The number of phenols is 8. The topological polar surface area (TPSA) is 168 Å². The van der Waals surface area contributed by atoms with Crippen LogP contribution in [0, 0.1) is 5.92 Å². The van der Waals surface area contributed by atoms with Crippen molar-refractivity contribution < 1.29 is 40.9 Å². The molecule has 8 N–H and O–H groups in total. The molecule has 0 saturated carbocycles. The zero-order valence-electron chi connectivity index (χ0n) is 38.2. The van der Waals surface area contributed by atoms with E-state index in [1.165, 1.54) is 0 Å². The van der Waals surface area contributed by atoms with Crippen LogP contribution in [0.2, 0.25) is 0 Å². The van der Waals surface area contributed by atoms with Crippen LogP contribution in [-0.4, -0.2) is 62.6 Å². The van der Waals surface area contributed by atoms with E-state index in [1.54, 1.807) is 27.8 Å². The highest BCUT2D eigenvalue weighted by Gasteiger charge is 2.33. The molecule has 0 saturated heterocycles. The molecule has 12 heteroatoms. The van der Waals surface area contributed by atoms with Gasteiger partial charge in [-0.1, -0.05) is 129 Å². The van der Waals surface area contributed by atoms with Gasteiger partial charge >= 0.3 is 0 Å². The van der Waals surface area contributed by atoms with Crippen LogP contribution >= 0.6 is 0 Å². The van der Waals surface area contributed by atoms with Crippen LogP contribution in [-0.2, 0) is 0 Å².